The molecule has 0 spiro atoms. The van der Waals surface area contributed by atoms with Crippen LogP contribution >= 0.6 is 11.6 Å². The van der Waals surface area contributed by atoms with Gasteiger partial charge in [0, 0.05) is 12.5 Å². The number of ether oxygens (including phenoxy) is 1. The molecule has 0 aromatic heterocycles. The molecule has 1 saturated heterocycles. The second kappa shape index (κ2) is 4.45. The average Bonchev–Trinajstić information content (AvgIpc) is 2.13. The Bertz CT molecular complexity index is 258. The van der Waals surface area contributed by atoms with Crippen LogP contribution in [0.4, 0.5) is 4.39 Å². The molecule has 1 nitrogen and oxygen atoms in total. The fourth-order valence-electron chi connectivity index (χ4n) is 1.93. The Morgan fingerprint density at radius 2 is 2.29 bits per heavy atom. The average molecular weight is 217 g/mol. The van der Waals surface area contributed by atoms with Gasteiger partial charge >= 0.3 is 0 Å². The summed E-state index contributed by atoms with van der Waals surface area (Å²) in [5.41, 5.74) is 0. The van der Waals surface area contributed by atoms with Crippen molar-refractivity contribution in [3.8, 4) is 0 Å². The fourth-order valence-corrected chi connectivity index (χ4v) is 2.25. The third kappa shape index (κ3) is 2.18. The maximum absolute atomic E-state index is 12.9. The van der Waals surface area contributed by atoms with Gasteiger partial charge in [0.15, 0.2) is 0 Å². The largest absolute Gasteiger partial charge is 0.378 e. The third-order valence-electron chi connectivity index (χ3n) is 2.93. The van der Waals surface area contributed by atoms with Crippen LogP contribution in [0.3, 0.4) is 0 Å². The van der Waals surface area contributed by atoms with Gasteiger partial charge in [-0.15, -0.1) is 11.6 Å². The molecule has 3 heteroatoms. The minimum Gasteiger partial charge on any atom is -0.378 e. The molecule has 1 aliphatic heterocycles. The molecule has 3 atom stereocenters. The summed E-state index contributed by atoms with van der Waals surface area (Å²) < 4.78 is 18.3. The van der Waals surface area contributed by atoms with E-state index in [0.29, 0.717) is 17.9 Å². The molecule has 1 aliphatic carbocycles. The first-order chi connectivity index (χ1) is 6.79. The Hall–Kier alpha value is -0.340. The van der Waals surface area contributed by atoms with Gasteiger partial charge in [-0.05, 0) is 36.8 Å². The van der Waals surface area contributed by atoms with Gasteiger partial charge < -0.3 is 4.74 Å². The zero-order valence-electron chi connectivity index (χ0n) is 7.96. The molecule has 0 saturated carbocycles. The highest BCUT2D eigenvalue weighted by Crippen LogP contribution is 2.31. The van der Waals surface area contributed by atoms with Crippen molar-refractivity contribution < 1.29 is 9.13 Å². The van der Waals surface area contributed by atoms with Crippen molar-refractivity contribution in [2.24, 2.45) is 11.8 Å². The quantitative estimate of drug-likeness (QED) is 0.659. The van der Waals surface area contributed by atoms with E-state index in [1.807, 2.05) is 6.08 Å². The summed E-state index contributed by atoms with van der Waals surface area (Å²) >= 11 is 5.80. The Kier molecular flexibility index (Phi) is 3.24. The van der Waals surface area contributed by atoms with Crippen molar-refractivity contribution in [2.45, 2.75) is 18.9 Å². The smallest absolute Gasteiger partial charge is 0.119 e. The monoisotopic (exact) mass is 216 g/mol. The van der Waals surface area contributed by atoms with Gasteiger partial charge in [-0.25, -0.2) is 4.39 Å². The Morgan fingerprint density at radius 1 is 1.50 bits per heavy atom. The maximum Gasteiger partial charge on any atom is 0.119 e. The second-order valence-corrected chi connectivity index (χ2v) is 4.22. The van der Waals surface area contributed by atoms with Crippen LogP contribution < -0.4 is 0 Å². The van der Waals surface area contributed by atoms with Crippen LogP contribution in [0.2, 0.25) is 0 Å². The summed E-state index contributed by atoms with van der Waals surface area (Å²) in [7, 11) is 0. The summed E-state index contributed by atoms with van der Waals surface area (Å²) in [6.45, 7) is 0.872. The number of hydrogen-bond acceptors (Lipinski definition) is 1. The first-order valence-corrected chi connectivity index (χ1v) is 5.56. The van der Waals surface area contributed by atoms with Crippen molar-refractivity contribution in [2.75, 3.05) is 12.5 Å². The van der Waals surface area contributed by atoms with E-state index < -0.39 is 0 Å². The van der Waals surface area contributed by atoms with Crippen LogP contribution in [0.5, 0.6) is 0 Å². The molecule has 0 aromatic carbocycles. The molecule has 0 aromatic rings. The van der Waals surface area contributed by atoms with E-state index in [9.17, 15) is 4.39 Å². The summed E-state index contributed by atoms with van der Waals surface area (Å²) in [6.07, 6.45) is 7.54. The van der Waals surface area contributed by atoms with Crippen LogP contribution in [0.15, 0.2) is 24.1 Å². The Balaban J connectivity index is 1.93. The lowest BCUT2D eigenvalue weighted by molar-refractivity contribution is -0.0618. The third-order valence-corrected chi connectivity index (χ3v) is 3.29. The Morgan fingerprint density at radius 3 is 2.86 bits per heavy atom. The lowest BCUT2D eigenvalue weighted by Gasteiger charge is -2.32. The van der Waals surface area contributed by atoms with E-state index in [4.69, 9.17) is 16.3 Å². The molecule has 1 heterocycles. The summed E-state index contributed by atoms with van der Waals surface area (Å²) in [5, 5.41) is 0. The van der Waals surface area contributed by atoms with E-state index >= 15 is 0 Å². The van der Waals surface area contributed by atoms with E-state index in [1.165, 1.54) is 6.08 Å². The molecule has 78 valence electrons. The van der Waals surface area contributed by atoms with Crippen molar-refractivity contribution in [1.82, 2.24) is 0 Å². The number of alkyl halides is 1. The van der Waals surface area contributed by atoms with E-state index in [1.54, 1.807) is 6.08 Å². The summed E-state index contributed by atoms with van der Waals surface area (Å²) in [4.78, 5) is 0. The van der Waals surface area contributed by atoms with E-state index in [2.05, 4.69) is 0 Å². The molecule has 0 bridgehead atoms. The topological polar surface area (TPSA) is 9.23 Å². The van der Waals surface area contributed by atoms with Crippen LogP contribution in [0.1, 0.15) is 12.8 Å². The van der Waals surface area contributed by atoms with Crippen LogP contribution in [-0.2, 0) is 4.74 Å². The minimum atomic E-state index is -0.165. The predicted molar refractivity (Wildman–Crippen MR) is 55.0 cm³/mol. The molecular weight excluding hydrogens is 203 g/mol. The summed E-state index contributed by atoms with van der Waals surface area (Å²) in [6, 6.07) is 0. The number of rotatable bonds is 3. The van der Waals surface area contributed by atoms with E-state index in [-0.39, 0.29) is 11.7 Å². The molecule has 2 rings (SSSR count). The molecule has 0 N–H and O–H groups in total. The predicted octanol–water partition coefficient (Wildman–Crippen LogP) is 3.06. The van der Waals surface area contributed by atoms with Crippen molar-refractivity contribution in [3.05, 3.63) is 24.1 Å². The molecule has 0 radical (unpaired) electrons. The molecule has 2 aliphatic rings. The van der Waals surface area contributed by atoms with Gasteiger partial charge in [-0.2, -0.15) is 0 Å². The maximum atomic E-state index is 12.9. The van der Waals surface area contributed by atoms with Gasteiger partial charge in [0.25, 0.3) is 0 Å². The highest BCUT2D eigenvalue weighted by Gasteiger charge is 2.27. The lowest BCUT2D eigenvalue weighted by Crippen LogP contribution is -2.31. The van der Waals surface area contributed by atoms with Crippen LogP contribution in [0, 0.1) is 11.8 Å². The van der Waals surface area contributed by atoms with Gasteiger partial charge in [-0.3, -0.25) is 0 Å². The first-order valence-electron chi connectivity index (χ1n) is 5.02. The zero-order valence-corrected chi connectivity index (χ0v) is 8.71. The normalized spacial score (nSPS) is 36.4. The first kappa shape index (κ1) is 10.2. The van der Waals surface area contributed by atoms with Crippen LogP contribution in [-0.4, -0.2) is 18.6 Å². The van der Waals surface area contributed by atoms with Gasteiger partial charge in [0.05, 0.1) is 6.10 Å². The molecule has 1 fully saturated rings. The van der Waals surface area contributed by atoms with Gasteiger partial charge in [0.1, 0.15) is 5.83 Å². The zero-order chi connectivity index (χ0) is 9.97. The summed E-state index contributed by atoms with van der Waals surface area (Å²) in [5.74, 6) is 0.791. The highest BCUT2D eigenvalue weighted by atomic mass is 35.5. The highest BCUT2D eigenvalue weighted by molar-refractivity contribution is 6.18. The van der Waals surface area contributed by atoms with E-state index in [0.717, 1.165) is 19.4 Å². The SMILES string of the molecule is FC1=CC(CCl)[C@@H](CC2CCO2)C=C1. The van der Waals surface area contributed by atoms with Gasteiger partial charge in [0.2, 0.25) is 0 Å². The van der Waals surface area contributed by atoms with Gasteiger partial charge in [-0.1, -0.05) is 6.08 Å². The molecule has 14 heavy (non-hydrogen) atoms. The molecule has 2 unspecified atom stereocenters. The molecular formula is C11H14ClFO. The Labute approximate surface area is 88.6 Å². The lowest BCUT2D eigenvalue weighted by atomic mass is 9.84. The van der Waals surface area contributed by atoms with Crippen molar-refractivity contribution in [1.29, 1.82) is 0 Å². The molecule has 0 amide bonds. The number of allylic oxidation sites excluding steroid dienone is 4. The standard InChI is InChI=1S/C11H14ClFO/c12-7-9-5-10(13)2-1-8(9)6-11-3-4-14-11/h1-2,5,8-9,11H,3-4,6-7H2/t8-,9?,11?/m1/s1. The second-order valence-electron chi connectivity index (χ2n) is 3.91. The van der Waals surface area contributed by atoms with Crippen LogP contribution in [0.25, 0.3) is 0 Å². The number of halogens is 2. The minimum absolute atomic E-state index is 0.130. The van der Waals surface area contributed by atoms with Crippen molar-refractivity contribution in [3.63, 3.8) is 0 Å². The number of hydrogen-bond donors (Lipinski definition) is 0. The fraction of sp³-hybridized carbons (Fsp3) is 0.636. The van der Waals surface area contributed by atoms with Crippen molar-refractivity contribution >= 4 is 11.6 Å².